The van der Waals surface area contributed by atoms with Crippen LogP contribution in [0.4, 0.5) is 5.69 Å². The summed E-state index contributed by atoms with van der Waals surface area (Å²) in [6.07, 6.45) is 0. The lowest BCUT2D eigenvalue weighted by Crippen LogP contribution is -2.14. The Labute approximate surface area is 135 Å². The molecule has 2 aromatic carbocycles. The number of anilines is 1. The van der Waals surface area contributed by atoms with E-state index in [1.165, 1.54) is 6.07 Å². The predicted molar refractivity (Wildman–Crippen MR) is 89.4 cm³/mol. The van der Waals surface area contributed by atoms with Crippen LogP contribution < -0.4 is 9.60 Å². The Bertz CT molecular complexity index is 1020. The lowest BCUT2D eigenvalue weighted by Gasteiger charge is -2.11. The number of nitrogens with one attached hydrogen (secondary N) is 2. The topological polar surface area (TPSA) is 79.0 Å². The molecule has 3 aromatic rings. The van der Waals surface area contributed by atoms with Gasteiger partial charge in [-0.15, -0.1) is 0 Å². The van der Waals surface area contributed by atoms with Gasteiger partial charge in [-0.05, 0) is 42.8 Å². The molecular weight excluding hydrogens is 344 g/mol. The van der Waals surface area contributed by atoms with Crippen molar-refractivity contribution in [3.8, 4) is 0 Å². The van der Waals surface area contributed by atoms with Gasteiger partial charge in [-0.2, -0.15) is 0 Å². The van der Waals surface area contributed by atoms with Gasteiger partial charge in [-0.1, -0.05) is 29.0 Å². The number of fused-ring (bicyclic) bond motifs is 1. The van der Waals surface area contributed by atoms with Crippen LogP contribution in [0.5, 0.6) is 0 Å². The molecule has 0 radical (unpaired) electrons. The molecule has 0 aliphatic rings. The largest absolute Gasteiger partial charge is 0.312 e. The van der Waals surface area contributed by atoms with E-state index in [2.05, 4.69) is 9.71 Å². The summed E-state index contributed by atoms with van der Waals surface area (Å²) in [4.78, 5) is 13.9. The van der Waals surface area contributed by atoms with Gasteiger partial charge in [-0.3, -0.25) is 9.52 Å². The van der Waals surface area contributed by atoms with Crippen molar-refractivity contribution in [3.05, 3.63) is 56.7 Å². The van der Waals surface area contributed by atoms with Gasteiger partial charge in [0, 0.05) is 5.02 Å². The van der Waals surface area contributed by atoms with Gasteiger partial charge in [0.1, 0.15) is 0 Å². The van der Waals surface area contributed by atoms with E-state index in [-0.39, 0.29) is 9.77 Å². The fraction of sp³-hybridized carbons (Fsp3) is 0.0714. The van der Waals surface area contributed by atoms with Crippen LogP contribution >= 0.6 is 22.9 Å². The van der Waals surface area contributed by atoms with Crippen LogP contribution in [0.25, 0.3) is 10.2 Å². The van der Waals surface area contributed by atoms with E-state index in [9.17, 15) is 13.2 Å². The number of hydrogen-bond acceptors (Lipinski definition) is 4. The van der Waals surface area contributed by atoms with Crippen LogP contribution in [-0.2, 0) is 10.0 Å². The van der Waals surface area contributed by atoms with Crippen molar-refractivity contribution in [2.75, 3.05) is 4.72 Å². The van der Waals surface area contributed by atoms with E-state index in [1.807, 2.05) is 0 Å². The Balaban J connectivity index is 2.02. The highest BCUT2D eigenvalue weighted by molar-refractivity contribution is 7.92. The standard InChI is InChI=1S/C14H11ClN2O3S2/c1-8-10(15)3-2-4-13(8)22(19,20)17-9-5-6-11-12(7-9)21-14(18)16-11/h2-7,17H,1H3,(H,16,18). The summed E-state index contributed by atoms with van der Waals surface area (Å²) in [5.74, 6) is 0. The average Bonchev–Trinajstić information content (AvgIpc) is 2.80. The van der Waals surface area contributed by atoms with Crippen LogP contribution in [0.15, 0.2) is 46.1 Å². The fourth-order valence-electron chi connectivity index (χ4n) is 2.10. The highest BCUT2D eigenvalue weighted by atomic mass is 35.5. The van der Waals surface area contributed by atoms with E-state index >= 15 is 0 Å². The van der Waals surface area contributed by atoms with Gasteiger partial charge in [0.05, 0.1) is 20.8 Å². The van der Waals surface area contributed by atoms with Gasteiger partial charge in [0.25, 0.3) is 10.0 Å². The molecule has 0 aliphatic heterocycles. The number of halogens is 1. The number of sulfonamides is 1. The maximum Gasteiger partial charge on any atom is 0.305 e. The summed E-state index contributed by atoms with van der Waals surface area (Å²) in [6.45, 7) is 1.65. The number of aromatic amines is 1. The molecule has 0 atom stereocenters. The van der Waals surface area contributed by atoms with Crippen molar-refractivity contribution in [2.24, 2.45) is 0 Å². The van der Waals surface area contributed by atoms with Gasteiger partial charge in [0.2, 0.25) is 0 Å². The van der Waals surface area contributed by atoms with Gasteiger partial charge < -0.3 is 4.98 Å². The molecule has 0 aliphatic carbocycles. The lowest BCUT2D eigenvalue weighted by molar-refractivity contribution is 0.600. The third-order valence-electron chi connectivity index (χ3n) is 3.18. The molecule has 0 fully saturated rings. The smallest absolute Gasteiger partial charge is 0.305 e. The normalized spacial score (nSPS) is 11.7. The summed E-state index contributed by atoms with van der Waals surface area (Å²) in [7, 11) is -3.75. The SMILES string of the molecule is Cc1c(Cl)cccc1S(=O)(=O)Nc1ccc2[nH]c(=O)sc2c1. The molecule has 8 heteroatoms. The molecule has 1 heterocycles. The molecular formula is C14H11ClN2O3S2. The Hall–Kier alpha value is -1.83. The van der Waals surface area contributed by atoms with Crippen molar-refractivity contribution < 1.29 is 8.42 Å². The maximum atomic E-state index is 12.5. The monoisotopic (exact) mass is 354 g/mol. The molecule has 0 saturated carbocycles. The number of H-pyrrole nitrogens is 1. The molecule has 0 bridgehead atoms. The number of aromatic nitrogens is 1. The number of thiazole rings is 1. The number of rotatable bonds is 3. The second-order valence-electron chi connectivity index (χ2n) is 4.69. The third-order valence-corrected chi connectivity index (χ3v) is 5.96. The first-order valence-corrected chi connectivity index (χ1v) is 8.95. The summed E-state index contributed by atoms with van der Waals surface area (Å²) >= 11 is 7.00. The van der Waals surface area contributed by atoms with E-state index in [4.69, 9.17) is 11.6 Å². The van der Waals surface area contributed by atoms with Gasteiger partial charge >= 0.3 is 4.87 Å². The molecule has 0 spiro atoms. The van der Waals surface area contributed by atoms with E-state index in [1.54, 1.807) is 37.3 Å². The minimum atomic E-state index is -3.75. The Morgan fingerprint density at radius 3 is 2.77 bits per heavy atom. The Morgan fingerprint density at radius 2 is 2.00 bits per heavy atom. The second kappa shape index (κ2) is 5.42. The maximum absolute atomic E-state index is 12.5. The van der Waals surface area contributed by atoms with Crippen molar-refractivity contribution in [2.45, 2.75) is 11.8 Å². The number of hydrogen-bond donors (Lipinski definition) is 2. The zero-order valence-electron chi connectivity index (χ0n) is 11.4. The Morgan fingerprint density at radius 1 is 1.23 bits per heavy atom. The van der Waals surface area contributed by atoms with Crippen molar-refractivity contribution in [3.63, 3.8) is 0 Å². The van der Waals surface area contributed by atoms with Crippen molar-refractivity contribution >= 4 is 48.9 Å². The second-order valence-corrected chi connectivity index (χ2v) is 7.77. The summed E-state index contributed by atoms with van der Waals surface area (Å²) < 4.78 is 28.2. The first-order valence-electron chi connectivity index (χ1n) is 6.27. The lowest BCUT2D eigenvalue weighted by atomic mass is 10.2. The quantitative estimate of drug-likeness (QED) is 0.757. The van der Waals surface area contributed by atoms with Crippen LogP contribution in [0, 0.1) is 6.92 Å². The minimum absolute atomic E-state index is 0.127. The van der Waals surface area contributed by atoms with Crippen LogP contribution in [-0.4, -0.2) is 13.4 Å². The highest BCUT2D eigenvalue weighted by Crippen LogP contribution is 2.26. The first-order chi connectivity index (χ1) is 10.4. The predicted octanol–water partition coefficient (Wildman–Crippen LogP) is 3.35. The molecule has 5 nitrogen and oxygen atoms in total. The van der Waals surface area contributed by atoms with Crippen LogP contribution in [0.3, 0.4) is 0 Å². The molecule has 2 N–H and O–H groups in total. The van der Waals surface area contributed by atoms with E-state index < -0.39 is 10.0 Å². The third kappa shape index (κ3) is 2.75. The zero-order chi connectivity index (χ0) is 15.9. The molecule has 0 saturated heterocycles. The highest BCUT2D eigenvalue weighted by Gasteiger charge is 2.18. The minimum Gasteiger partial charge on any atom is -0.312 e. The zero-order valence-corrected chi connectivity index (χ0v) is 13.8. The van der Waals surface area contributed by atoms with Crippen LogP contribution in [0.1, 0.15) is 5.56 Å². The molecule has 0 unspecified atom stereocenters. The van der Waals surface area contributed by atoms with Crippen LogP contribution in [0.2, 0.25) is 5.02 Å². The molecule has 1 aromatic heterocycles. The number of benzene rings is 2. The Kier molecular flexibility index (Phi) is 3.72. The van der Waals surface area contributed by atoms with E-state index in [0.717, 1.165) is 11.3 Å². The molecule has 0 amide bonds. The van der Waals surface area contributed by atoms with Gasteiger partial charge in [0.15, 0.2) is 0 Å². The molecule has 114 valence electrons. The average molecular weight is 355 g/mol. The fourth-order valence-corrected chi connectivity index (χ4v) is 4.42. The first kappa shape index (κ1) is 15.1. The molecule has 3 rings (SSSR count). The molecule has 22 heavy (non-hydrogen) atoms. The summed E-state index contributed by atoms with van der Waals surface area (Å²) in [5, 5.41) is 0.391. The van der Waals surface area contributed by atoms with Crippen molar-refractivity contribution in [1.82, 2.24) is 4.98 Å². The summed E-state index contributed by atoms with van der Waals surface area (Å²) in [6, 6.07) is 9.61. The van der Waals surface area contributed by atoms with Gasteiger partial charge in [-0.25, -0.2) is 8.42 Å². The van der Waals surface area contributed by atoms with Crippen molar-refractivity contribution in [1.29, 1.82) is 0 Å². The van der Waals surface area contributed by atoms with E-state index in [0.29, 0.717) is 26.5 Å². The summed E-state index contributed by atoms with van der Waals surface area (Å²) in [5.41, 5.74) is 1.56.